The molecule has 3 rings (SSSR count). The summed E-state index contributed by atoms with van der Waals surface area (Å²) in [6.07, 6.45) is 8.33. The summed E-state index contributed by atoms with van der Waals surface area (Å²) in [5, 5.41) is 4.47. The van der Waals surface area contributed by atoms with Crippen LogP contribution in [0.2, 0.25) is 0 Å². The Hall–Kier alpha value is -2.13. The van der Waals surface area contributed by atoms with Gasteiger partial charge in [-0.1, -0.05) is 86.0 Å². The smallest absolute Gasteiger partial charge is 0.170 e. The number of thiocarbonyl (C=S) groups is 1. The second-order valence-corrected chi connectivity index (χ2v) is 7.32. The number of benzene rings is 2. The molecule has 0 amide bonds. The molecule has 1 aliphatic rings. The molecule has 26 heavy (non-hydrogen) atoms. The van der Waals surface area contributed by atoms with Crippen molar-refractivity contribution in [2.24, 2.45) is 0 Å². The summed E-state index contributed by atoms with van der Waals surface area (Å²) in [5.74, 6) is 0. The van der Waals surface area contributed by atoms with Crippen molar-refractivity contribution in [2.75, 3.05) is 6.54 Å². The van der Waals surface area contributed by atoms with Gasteiger partial charge in [0.2, 0.25) is 0 Å². The molecular weight excluding hydrogens is 336 g/mol. The normalized spacial score (nSPS) is 14.8. The Kier molecular flexibility index (Phi) is 6.84. The van der Waals surface area contributed by atoms with Crippen molar-refractivity contribution in [1.82, 2.24) is 10.2 Å². The van der Waals surface area contributed by atoms with E-state index in [1.165, 1.54) is 43.2 Å². The maximum absolute atomic E-state index is 5.86. The summed E-state index contributed by atoms with van der Waals surface area (Å²) < 4.78 is 0. The fourth-order valence-corrected chi connectivity index (χ4v) is 4.13. The van der Waals surface area contributed by atoms with Crippen LogP contribution in [0.3, 0.4) is 0 Å². The van der Waals surface area contributed by atoms with Gasteiger partial charge in [-0.2, -0.15) is 0 Å². The third-order valence-corrected chi connectivity index (χ3v) is 5.49. The molecule has 0 unspecified atom stereocenters. The van der Waals surface area contributed by atoms with Gasteiger partial charge in [0.1, 0.15) is 0 Å². The van der Waals surface area contributed by atoms with Crippen molar-refractivity contribution in [1.29, 1.82) is 0 Å². The van der Waals surface area contributed by atoms with Gasteiger partial charge < -0.3 is 10.2 Å². The van der Waals surface area contributed by atoms with Gasteiger partial charge in [0.25, 0.3) is 0 Å². The van der Waals surface area contributed by atoms with Gasteiger partial charge in [0, 0.05) is 12.6 Å². The lowest BCUT2D eigenvalue weighted by molar-refractivity contribution is 0.257. The van der Waals surface area contributed by atoms with Crippen LogP contribution in [-0.4, -0.2) is 22.6 Å². The van der Waals surface area contributed by atoms with Gasteiger partial charge in [0.15, 0.2) is 5.11 Å². The first-order valence-corrected chi connectivity index (χ1v) is 9.98. The van der Waals surface area contributed by atoms with Gasteiger partial charge in [-0.15, -0.1) is 6.58 Å². The average molecular weight is 365 g/mol. The molecule has 2 nitrogen and oxygen atoms in total. The maximum Gasteiger partial charge on any atom is 0.170 e. The van der Waals surface area contributed by atoms with Crippen LogP contribution in [0.15, 0.2) is 73.3 Å². The number of hydrogen-bond acceptors (Lipinski definition) is 1. The van der Waals surface area contributed by atoms with Crippen molar-refractivity contribution in [3.05, 3.63) is 84.4 Å². The zero-order valence-electron chi connectivity index (χ0n) is 15.3. The average Bonchev–Trinajstić information content (AvgIpc) is 2.72. The Morgan fingerprint density at radius 2 is 1.54 bits per heavy atom. The highest BCUT2D eigenvalue weighted by Crippen LogP contribution is 2.25. The molecule has 0 spiro atoms. The van der Waals surface area contributed by atoms with Crippen LogP contribution in [-0.2, 0) is 0 Å². The first kappa shape index (κ1) is 18.7. The molecule has 0 aromatic heterocycles. The largest absolute Gasteiger partial charge is 0.352 e. The fraction of sp³-hybridized carbons (Fsp3) is 0.348. The number of hydrogen-bond donors (Lipinski definition) is 1. The minimum Gasteiger partial charge on any atom is -0.352 e. The standard InChI is InChI=1S/C23H28N2S/c1-2-18-25(21-16-10-5-11-17-21)23(26)24-22(19-12-6-3-7-13-19)20-14-8-4-9-15-20/h2-4,6-9,12-15,21-22H,1,5,10-11,16-18H2,(H,24,26). The van der Waals surface area contributed by atoms with Crippen LogP contribution >= 0.6 is 12.2 Å². The first-order chi connectivity index (χ1) is 12.8. The van der Waals surface area contributed by atoms with Gasteiger partial charge in [-0.25, -0.2) is 0 Å². The molecule has 0 aliphatic heterocycles. The Morgan fingerprint density at radius 3 is 2.04 bits per heavy atom. The summed E-state index contributed by atoms with van der Waals surface area (Å²) in [5.41, 5.74) is 2.45. The summed E-state index contributed by atoms with van der Waals surface area (Å²) in [7, 11) is 0. The van der Waals surface area contributed by atoms with E-state index >= 15 is 0 Å². The number of nitrogens with one attached hydrogen (secondary N) is 1. The lowest BCUT2D eigenvalue weighted by atomic mass is 9.94. The summed E-state index contributed by atoms with van der Waals surface area (Å²) in [4.78, 5) is 2.33. The summed E-state index contributed by atoms with van der Waals surface area (Å²) in [6.45, 7) is 4.74. The van der Waals surface area contributed by atoms with Crippen LogP contribution in [0.25, 0.3) is 0 Å². The van der Waals surface area contributed by atoms with Gasteiger partial charge in [0.05, 0.1) is 6.04 Å². The lowest BCUT2D eigenvalue weighted by Gasteiger charge is -2.37. The van der Waals surface area contributed by atoms with Crippen molar-refractivity contribution in [3.63, 3.8) is 0 Å². The van der Waals surface area contributed by atoms with E-state index in [4.69, 9.17) is 12.2 Å². The molecule has 1 aliphatic carbocycles. The molecule has 0 saturated heterocycles. The van der Waals surface area contributed by atoms with E-state index in [-0.39, 0.29) is 6.04 Å². The van der Waals surface area contributed by atoms with Crippen molar-refractivity contribution in [2.45, 2.75) is 44.2 Å². The molecule has 1 N–H and O–H groups in total. The molecule has 0 atom stereocenters. The molecule has 2 aromatic carbocycles. The monoisotopic (exact) mass is 364 g/mol. The Bertz CT molecular complexity index is 653. The lowest BCUT2D eigenvalue weighted by Crippen LogP contribution is -2.47. The second kappa shape index (κ2) is 9.54. The second-order valence-electron chi connectivity index (χ2n) is 6.94. The molecule has 3 heteroatoms. The zero-order chi connectivity index (χ0) is 18.2. The first-order valence-electron chi connectivity index (χ1n) is 9.57. The molecule has 0 heterocycles. The molecule has 2 aromatic rings. The molecule has 0 radical (unpaired) electrons. The van der Waals surface area contributed by atoms with E-state index in [0.717, 1.165) is 11.7 Å². The van der Waals surface area contributed by atoms with Crippen LogP contribution in [0.1, 0.15) is 49.3 Å². The number of rotatable bonds is 6. The Labute approximate surface area is 162 Å². The SMILES string of the molecule is C=CCN(C(=S)NC(c1ccccc1)c1ccccc1)C1CCCCC1. The topological polar surface area (TPSA) is 15.3 Å². The molecule has 1 fully saturated rings. The maximum atomic E-state index is 5.86. The van der Waals surface area contributed by atoms with E-state index in [0.29, 0.717) is 6.04 Å². The Balaban J connectivity index is 1.82. The number of nitrogens with zero attached hydrogens (tertiary/aromatic N) is 1. The third kappa shape index (κ3) is 4.73. The highest BCUT2D eigenvalue weighted by atomic mass is 32.1. The molecule has 1 saturated carbocycles. The van der Waals surface area contributed by atoms with Crippen LogP contribution in [0, 0.1) is 0 Å². The zero-order valence-corrected chi connectivity index (χ0v) is 16.1. The van der Waals surface area contributed by atoms with E-state index in [9.17, 15) is 0 Å². The third-order valence-electron chi connectivity index (χ3n) is 5.14. The van der Waals surface area contributed by atoms with E-state index in [1.54, 1.807) is 0 Å². The predicted octanol–water partition coefficient (Wildman–Crippen LogP) is 5.47. The van der Waals surface area contributed by atoms with Gasteiger partial charge >= 0.3 is 0 Å². The minimum atomic E-state index is 0.0563. The quantitative estimate of drug-likeness (QED) is 0.540. The van der Waals surface area contributed by atoms with Crippen molar-refractivity contribution in [3.8, 4) is 0 Å². The highest BCUT2D eigenvalue weighted by molar-refractivity contribution is 7.80. The summed E-state index contributed by atoms with van der Waals surface area (Å²) in [6, 6.07) is 21.6. The van der Waals surface area contributed by atoms with E-state index in [2.05, 4.69) is 77.5 Å². The van der Waals surface area contributed by atoms with Crippen LogP contribution in [0.5, 0.6) is 0 Å². The fourth-order valence-electron chi connectivity index (χ4n) is 3.79. The van der Waals surface area contributed by atoms with E-state index in [1.807, 2.05) is 6.08 Å². The molecule has 136 valence electrons. The van der Waals surface area contributed by atoms with Crippen molar-refractivity contribution < 1.29 is 0 Å². The summed E-state index contributed by atoms with van der Waals surface area (Å²) >= 11 is 5.86. The van der Waals surface area contributed by atoms with Crippen LogP contribution in [0.4, 0.5) is 0 Å². The predicted molar refractivity (Wildman–Crippen MR) is 114 cm³/mol. The van der Waals surface area contributed by atoms with Gasteiger partial charge in [-0.3, -0.25) is 0 Å². The Morgan fingerprint density at radius 1 is 1.00 bits per heavy atom. The van der Waals surface area contributed by atoms with Crippen LogP contribution < -0.4 is 5.32 Å². The highest BCUT2D eigenvalue weighted by Gasteiger charge is 2.24. The van der Waals surface area contributed by atoms with Gasteiger partial charge in [-0.05, 0) is 36.2 Å². The van der Waals surface area contributed by atoms with Crippen molar-refractivity contribution >= 4 is 17.3 Å². The van der Waals surface area contributed by atoms with E-state index < -0.39 is 0 Å². The minimum absolute atomic E-state index is 0.0563. The molecule has 0 bridgehead atoms. The molecular formula is C23H28N2S.